The van der Waals surface area contributed by atoms with Crippen molar-refractivity contribution in [2.45, 2.75) is 18.9 Å². The van der Waals surface area contributed by atoms with E-state index in [-0.39, 0.29) is 12.1 Å². The third-order valence-corrected chi connectivity index (χ3v) is 2.59. The fraction of sp³-hybridized carbons (Fsp3) is 0.429. The average Bonchev–Trinajstić information content (AvgIpc) is 2.72. The summed E-state index contributed by atoms with van der Waals surface area (Å²) < 4.78 is 5.01. The number of rotatable bonds is 2. The summed E-state index contributed by atoms with van der Waals surface area (Å²) in [7, 11) is 0. The Labute approximate surface area is 78.3 Å². The van der Waals surface area contributed by atoms with Crippen LogP contribution in [-0.4, -0.2) is 17.1 Å². The van der Waals surface area contributed by atoms with Gasteiger partial charge in [0.2, 0.25) is 5.01 Å². The van der Waals surface area contributed by atoms with Crippen molar-refractivity contribution >= 4 is 28.9 Å². The van der Waals surface area contributed by atoms with Gasteiger partial charge in [0.1, 0.15) is 11.3 Å². The number of ether oxygens (including phenoxy) is 1. The highest BCUT2D eigenvalue weighted by Crippen LogP contribution is 2.25. The van der Waals surface area contributed by atoms with Gasteiger partial charge in [0.15, 0.2) is 0 Å². The summed E-state index contributed by atoms with van der Waals surface area (Å²) in [5.74, 6) is -0.352. The third-order valence-electron chi connectivity index (χ3n) is 1.45. The van der Waals surface area contributed by atoms with Crippen LogP contribution in [0.4, 0.5) is 0 Å². The number of thiazole rings is 1. The van der Waals surface area contributed by atoms with E-state index in [0.717, 1.165) is 12.8 Å². The highest BCUT2D eigenvalue weighted by Gasteiger charge is 2.27. The molecule has 64 valence electrons. The zero-order chi connectivity index (χ0) is 8.55. The molecule has 1 saturated carbocycles. The maximum absolute atomic E-state index is 11.2. The van der Waals surface area contributed by atoms with Gasteiger partial charge in [-0.25, -0.2) is 9.78 Å². The number of aromatic nitrogens is 1. The van der Waals surface area contributed by atoms with E-state index < -0.39 is 0 Å². The van der Waals surface area contributed by atoms with E-state index in [9.17, 15) is 4.79 Å². The summed E-state index contributed by atoms with van der Waals surface area (Å²) in [6.07, 6.45) is 2.08. The standard InChI is InChI=1S/C7H6ClNO2S/c8-5-3-12-6(9-5)7(10)11-4-1-2-4/h3-4H,1-2H2. The third kappa shape index (κ3) is 1.76. The van der Waals surface area contributed by atoms with Crippen LogP contribution in [0.2, 0.25) is 5.15 Å². The second-order valence-corrected chi connectivity index (χ2v) is 3.83. The summed E-state index contributed by atoms with van der Waals surface area (Å²) in [4.78, 5) is 15.0. The normalized spacial score (nSPS) is 16.1. The van der Waals surface area contributed by atoms with Crippen molar-refractivity contribution in [1.82, 2.24) is 4.98 Å². The van der Waals surface area contributed by atoms with Crippen LogP contribution in [0.3, 0.4) is 0 Å². The highest BCUT2D eigenvalue weighted by atomic mass is 35.5. The van der Waals surface area contributed by atoms with Crippen LogP contribution < -0.4 is 0 Å². The van der Waals surface area contributed by atoms with Crippen molar-refractivity contribution in [3.63, 3.8) is 0 Å². The number of hydrogen-bond acceptors (Lipinski definition) is 4. The first kappa shape index (κ1) is 8.01. The first-order valence-corrected chi connectivity index (χ1v) is 4.83. The molecule has 1 fully saturated rings. The van der Waals surface area contributed by atoms with Crippen molar-refractivity contribution in [3.8, 4) is 0 Å². The molecule has 0 bridgehead atoms. The largest absolute Gasteiger partial charge is 0.457 e. The molecule has 2 rings (SSSR count). The van der Waals surface area contributed by atoms with Gasteiger partial charge in [-0.2, -0.15) is 0 Å². The maximum Gasteiger partial charge on any atom is 0.367 e. The summed E-state index contributed by atoms with van der Waals surface area (Å²) >= 11 is 6.76. The van der Waals surface area contributed by atoms with Gasteiger partial charge >= 0.3 is 5.97 Å². The summed E-state index contributed by atoms with van der Waals surface area (Å²) in [6, 6.07) is 0. The molecule has 0 aromatic carbocycles. The summed E-state index contributed by atoms with van der Waals surface area (Å²) in [5.41, 5.74) is 0. The molecule has 0 amide bonds. The Morgan fingerprint density at radius 3 is 3.00 bits per heavy atom. The molecule has 1 aromatic rings. The number of carbonyl (C=O) groups excluding carboxylic acids is 1. The van der Waals surface area contributed by atoms with Crippen molar-refractivity contribution in [2.24, 2.45) is 0 Å². The van der Waals surface area contributed by atoms with Crippen LogP contribution in [0.5, 0.6) is 0 Å². The number of hydrogen-bond donors (Lipinski definition) is 0. The second-order valence-electron chi connectivity index (χ2n) is 2.58. The minimum absolute atomic E-state index is 0.125. The minimum Gasteiger partial charge on any atom is -0.457 e. The monoisotopic (exact) mass is 203 g/mol. The zero-order valence-electron chi connectivity index (χ0n) is 6.12. The van der Waals surface area contributed by atoms with E-state index in [1.165, 1.54) is 11.3 Å². The smallest absolute Gasteiger partial charge is 0.367 e. The molecule has 0 unspecified atom stereocenters. The first-order chi connectivity index (χ1) is 5.75. The van der Waals surface area contributed by atoms with Crippen LogP contribution in [0, 0.1) is 0 Å². The molecular weight excluding hydrogens is 198 g/mol. The van der Waals surface area contributed by atoms with Crippen LogP contribution in [0.1, 0.15) is 22.6 Å². The number of halogens is 1. The lowest BCUT2D eigenvalue weighted by Crippen LogP contribution is -2.05. The zero-order valence-corrected chi connectivity index (χ0v) is 7.69. The lowest BCUT2D eigenvalue weighted by atomic mass is 10.7. The molecule has 0 aliphatic heterocycles. The molecule has 3 nitrogen and oxygen atoms in total. The van der Waals surface area contributed by atoms with Crippen LogP contribution in [-0.2, 0) is 4.74 Å². The Morgan fingerprint density at radius 2 is 2.50 bits per heavy atom. The molecule has 1 aliphatic carbocycles. The van der Waals surface area contributed by atoms with Crippen LogP contribution >= 0.6 is 22.9 Å². The minimum atomic E-state index is -0.352. The molecule has 0 saturated heterocycles. The van der Waals surface area contributed by atoms with E-state index in [1.807, 2.05) is 0 Å². The average molecular weight is 204 g/mol. The van der Waals surface area contributed by atoms with Gasteiger partial charge in [-0.15, -0.1) is 11.3 Å². The molecule has 0 atom stereocenters. The van der Waals surface area contributed by atoms with Crippen LogP contribution in [0.15, 0.2) is 5.38 Å². The fourth-order valence-electron chi connectivity index (χ4n) is 0.736. The molecule has 0 radical (unpaired) electrons. The van der Waals surface area contributed by atoms with Gasteiger partial charge in [0.25, 0.3) is 0 Å². The van der Waals surface area contributed by atoms with Crippen molar-refractivity contribution in [2.75, 3.05) is 0 Å². The van der Waals surface area contributed by atoms with Gasteiger partial charge < -0.3 is 4.74 Å². The summed E-state index contributed by atoms with van der Waals surface area (Å²) in [5, 5.41) is 2.31. The Balaban J connectivity index is 2.03. The van der Waals surface area contributed by atoms with Gasteiger partial charge in [0, 0.05) is 5.38 Å². The Morgan fingerprint density at radius 1 is 1.75 bits per heavy atom. The topological polar surface area (TPSA) is 39.2 Å². The number of carbonyl (C=O) groups is 1. The van der Waals surface area contributed by atoms with Crippen LogP contribution in [0.25, 0.3) is 0 Å². The Kier molecular flexibility index (Phi) is 2.02. The van der Waals surface area contributed by atoms with E-state index in [2.05, 4.69) is 4.98 Å². The molecule has 1 aromatic heterocycles. The van der Waals surface area contributed by atoms with Crippen molar-refractivity contribution in [3.05, 3.63) is 15.5 Å². The first-order valence-electron chi connectivity index (χ1n) is 3.58. The quantitative estimate of drug-likeness (QED) is 0.692. The number of nitrogens with zero attached hydrogens (tertiary/aromatic N) is 1. The molecular formula is C7H6ClNO2S. The fourth-order valence-corrected chi connectivity index (χ4v) is 1.56. The predicted molar refractivity (Wildman–Crippen MR) is 45.6 cm³/mol. The van der Waals surface area contributed by atoms with E-state index in [0.29, 0.717) is 10.2 Å². The second kappa shape index (κ2) is 3.03. The maximum atomic E-state index is 11.2. The SMILES string of the molecule is O=C(OC1CC1)c1nc(Cl)cs1. The molecule has 1 aliphatic rings. The Bertz CT molecular complexity index is 308. The van der Waals surface area contributed by atoms with E-state index >= 15 is 0 Å². The summed E-state index contributed by atoms with van der Waals surface area (Å²) in [6.45, 7) is 0. The van der Waals surface area contributed by atoms with Gasteiger partial charge in [-0.3, -0.25) is 0 Å². The molecule has 5 heteroatoms. The lowest BCUT2D eigenvalue weighted by molar-refractivity contribution is 0.0472. The van der Waals surface area contributed by atoms with E-state index in [1.54, 1.807) is 5.38 Å². The predicted octanol–water partition coefficient (Wildman–Crippen LogP) is 2.12. The molecule has 0 N–H and O–H groups in total. The molecule has 0 spiro atoms. The Hall–Kier alpha value is -0.610. The lowest BCUT2D eigenvalue weighted by Gasteiger charge is -1.96. The van der Waals surface area contributed by atoms with Crippen molar-refractivity contribution in [1.29, 1.82) is 0 Å². The van der Waals surface area contributed by atoms with E-state index in [4.69, 9.17) is 16.3 Å². The molecule has 1 heterocycles. The molecule has 12 heavy (non-hydrogen) atoms. The van der Waals surface area contributed by atoms with Gasteiger partial charge in [-0.05, 0) is 12.8 Å². The highest BCUT2D eigenvalue weighted by molar-refractivity contribution is 7.12. The van der Waals surface area contributed by atoms with Crippen molar-refractivity contribution < 1.29 is 9.53 Å². The number of esters is 1. The van der Waals surface area contributed by atoms with Gasteiger partial charge in [0.05, 0.1) is 0 Å². The van der Waals surface area contributed by atoms with Gasteiger partial charge in [-0.1, -0.05) is 11.6 Å².